The molecule has 1 aliphatic rings. The zero-order valence-corrected chi connectivity index (χ0v) is 13.2. The molecule has 106 valence electrons. The molecule has 0 spiro atoms. The van der Waals surface area contributed by atoms with Crippen LogP contribution in [0, 0.1) is 0 Å². The van der Waals surface area contributed by atoms with Gasteiger partial charge in [0.25, 0.3) is 0 Å². The van der Waals surface area contributed by atoms with Gasteiger partial charge in [0.15, 0.2) is 0 Å². The average Bonchev–Trinajstić information content (AvgIpc) is 3.20. The normalized spacial score (nSPS) is 15.6. The second-order valence-electron chi connectivity index (χ2n) is 6.15. The van der Waals surface area contributed by atoms with E-state index in [0.717, 1.165) is 24.0 Å². The molecule has 1 saturated carbocycles. The third-order valence-corrected chi connectivity index (χ3v) is 4.58. The van der Waals surface area contributed by atoms with E-state index in [1.54, 1.807) is 0 Å². The molecule has 1 aromatic rings. The number of hydrogen-bond acceptors (Lipinski definition) is 2. The zero-order valence-electron chi connectivity index (χ0n) is 12.5. The van der Waals surface area contributed by atoms with Crippen molar-refractivity contribution in [2.45, 2.75) is 58.2 Å². The molecule has 0 unspecified atom stereocenters. The van der Waals surface area contributed by atoms with Gasteiger partial charge in [-0.05, 0) is 50.8 Å². The lowest BCUT2D eigenvalue weighted by atomic mass is 9.98. The summed E-state index contributed by atoms with van der Waals surface area (Å²) < 4.78 is 0. The Morgan fingerprint density at radius 1 is 1.37 bits per heavy atom. The fourth-order valence-corrected chi connectivity index (χ4v) is 2.27. The van der Waals surface area contributed by atoms with Crippen LogP contribution >= 0.6 is 11.6 Å². The van der Waals surface area contributed by atoms with Crippen LogP contribution in [-0.2, 0) is 6.54 Å². The largest absolute Gasteiger partial charge is 0.369 e. The summed E-state index contributed by atoms with van der Waals surface area (Å²) in [5, 5.41) is 4.40. The highest BCUT2D eigenvalue weighted by Crippen LogP contribution is 2.31. The van der Waals surface area contributed by atoms with Crippen molar-refractivity contribution in [3.05, 3.63) is 28.8 Å². The van der Waals surface area contributed by atoms with Gasteiger partial charge in [0.2, 0.25) is 0 Å². The number of benzene rings is 1. The SMILES string of the molecule is CCC(C)(C)N(C)c1cc(Cl)ccc1CNC1CC1. The highest BCUT2D eigenvalue weighted by atomic mass is 35.5. The van der Waals surface area contributed by atoms with Crippen molar-refractivity contribution in [2.75, 3.05) is 11.9 Å². The van der Waals surface area contributed by atoms with Crippen molar-refractivity contribution >= 4 is 17.3 Å². The van der Waals surface area contributed by atoms with Crippen molar-refractivity contribution < 1.29 is 0 Å². The fourth-order valence-electron chi connectivity index (χ4n) is 2.10. The minimum Gasteiger partial charge on any atom is -0.369 e. The van der Waals surface area contributed by atoms with Crippen molar-refractivity contribution in [3.8, 4) is 0 Å². The molecule has 3 heteroatoms. The summed E-state index contributed by atoms with van der Waals surface area (Å²) >= 11 is 6.18. The van der Waals surface area contributed by atoms with Crippen LogP contribution < -0.4 is 10.2 Å². The fraction of sp³-hybridized carbons (Fsp3) is 0.625. The summed E-state index contributed by atoms with van der Waals surface area (Å²) in [7, 11) is 2.16. The van der Waals surface area contributed by atoms with Gasteiger partial charge < -0.3 is 10.2 Å². The third-order valence-electron chi connectivity index (χ3n) is 4.34. The predicted molar refractivity (Wildman–Crippen MR) is 84.1 cm³/mol. The minimum absolute atomic E-state index is 0.138. The van der Waals surface area contributed by atoms with E-state index >= 15 is 0 Å². The summed E-state index contributed by atoms with van der Waals surface area (Å²) in [6.07, 6.45) is 3.74. The highest BCUT2D eigenvalue weighted by molar-refractivity contribution is 6.30. The molecule has 0 aromatic heterocycles. The first-order chi connectivity index (χ1) is 8.94. The molecule has 0 aliphatic heterocycles. The first-order valence-electron chi connectivity index (χ1n) is 7.19. The molecule has 19 heavy (non-hydrogen) atoms. The molecule has 0 bridgehead atoms. The lowest BCUT2D eigenvalue weighted by Gasteiger charge is -2.38. The maximum Gasteiger partial charge on any atom is 0.0428 e. The van der Waals surface area contributed by atoms with Crippen molar-refractivity contribution in [2.24, 2.45) is 0 Å². The van der Waals surface area contributed by atoms with Crippen molar-refractivity contribution in [1.29, 1.82) is 0 Å². The number of hydrogen-bond donors (Lipinski definition) is 1. The van der Waals surface area contributed by atoms with E-state index in [-0.39, 0.29) is 5.54 Å². The van der Waals surface area contributed by atoms with Crippen LogP contribution in [0.4, 0.5) is 5.69 Å². The summed E-state index contributed by atoms with van der Waals surface area (Å²) in [5.74, 6) is 0. The monoisotopic (exact) mass is 280 g/mol. The van der Waals surface area contributed by atoms with Gasteiger partial charge in [-0.25, -0.2) is 0 Å². The molecule has 0 amide bonds. The summed E-state index contributed by atoms with van der Waals surface area (Å²) in [4.78, 5) is 2.35. The van der Waals surface area contributed by atoms with Crippen LogP contribution in [0.15, 0.2) is 18.2 Å². The quantitative estimate of drug-likeness (QED) is 0.839. The van der Waals surface area contributed by atoms with Crippen LogP contribution in [0.2, 0.25) is 5.02 Å². The van der Waals surface area contributed by atoms with E-state index in [2.05, 4.69) is 50.2 Å². The number of anilines is 1. The van der Waals surface area contributed by atoms with Crippen LogP contribution in [0.25, 0.3) is 0 Å². The molecular weight excluding hydrogens is 256 g/mol. The molecule has 1 aliphatic carbocycles. The van der Waals surface area contributed by atoms with E-state index < -0.39 is 0 Å². The molecular formula is C16H25ClN2. The van der Waals surface area contributed by atoms with E-state index in [4.69, 9.17) is 11.6 Å². The number of nitrogens with one attached hydrogen (secondary N) is 1. The standard InChI is InChI=1S/C16H25ClN2/c1-5-16(2,3)19(4)15-10-13(17)7-6-12(15)11-18-14-8-9-14/h6-7,10,14,18H,5,8-9,11H2,1-4H3. The molecule has 1 fully saturated rings. The topological polar surface area (TPSA) is 15.3 Å². The first-order valence-corrected chi connectivity index (χ1v) is 7.57. The third kappa shape index (κ3) is 3.64. The summed E-state index contributed by atoms with van der Waals surface area (Å²) in [6, 6.07) is 6.95. The first kappa shape index (κ1) is 14.7. The Balaban J connectivity index is 2.22. The second-order valence-corrected chi connectivity index (χ2v) is 6.59. The average molecular weight is 281 g/mol. The van der Waals surface area contributed by atoms with Crippen molar-refractivity contribution in [1.82, 2.24) is 5.32 Å². The number of halogens is 1. The van der Waals surface area contributed by atoms with Gasteiger partial charge in [-0.3, -0.25) is 0 Å². The van der Waals surface area contributed by atoms with Crippen LogP contribution in [0.1, 0.15) is 45.6 Å². The lowest BCUT2D eigenvalue weighted by molar-refractivity contribution is 0.469. The maximum absolute atomic E-state index is 6.18. The van der Waals surface area contributed by atoms with E-state index in [0.29, 0.717) is 0 Å². The Kier molecular flexibility index (Phi) is 4.42. The Morgan fingerprint density at radius 2 is 2.05 bits per heavy atom. The molecule has 1 N–H and O–H groups in total. The smallest absolute Gasteiger partial charge is 0.0428 e. The molecule has 1 aromatic carbocycles. The Bertz CT molecular complexity index is 438. The van der Waals surface area contributed by atoms with Crippen LogP contribution in [0.5, 0.6) is 0 Å². The molecule has 2 nitrogen and oxygen atoms in total. The summed E-state index contributed by atoms with van der Waals surface area (Å²) in [5.41, 5.74) is 2.71. The number of nitrogens with zero attached hydrogens (tertiary/aromatic N) is 1. The molecule has 0 radical (unpaired) electrons. The molecule has 0 saturated heterocycles. The van der Waals surface area contributed by atoms with Crippen LogP contribution in [0.3, 0.4) is 0 Å². The Morgan fingerprint density at radius 3 is 2.63 bits per heavy atom. The van der Waals surface area contributed by atoms with Crippen molar-refractivity contribution in [3.63, 3.8) is 0 Å². The lowest BCUT2D eigenvalue weighted by Crippen LogP contribution is -2.41. The number of rotatable bonds is 6. The molecule has 0 atom stereocenters. The van der Waals surface area contributed by atoms with Gasteiger partial charge in [0.1, 0.15) is 0 Å². The van der Waals surface area contributed by atoms with Gasteiger partial charge in [-0.2, -0.15) is 0 Å². The zero-order chi connectivity index (χ0) is 14.0. The minimum atomic E-state index is 0.138. The molecule has 2 rings (SSSR count). The van der Waals surface area contributed by atoms with Gasteiger partial charge in [0.05, 0.1) is 0 Å². The van der Waals surface area contributed by atoms with Gasteiger partial charge >= 0.3 is 0 Å². The Labute approximate surface area is 122 Å². The maximum atomic E-state index is 6.18. The van der Waals surface area contributed by atoms with E-state index in [9.17, 15) is 0 Å². The van der Waals surface area contributed by atoms with Gasteiger partial charge in [-0.1, -0.05) is 24.6 Å². The summed E-state index contributed by atoms with van der Waals surface area (Å²) in [6.45, 7) is 7.70. The molecule has 0 heterocycles. The van der Waals surface area contributed by atoms with E-state index in [1.807, 2.05) is 6.07 Å². The van der Waals surface area contributed by atoms with Gasteiger partial charge in [-0.15, -0.1) is 0 Å². The highest BCUT2D eigenvalue weighted by Gasteiger charge is 2.25. The van der Waals surface area contributed by atoms with E-state index in [1.165, 1.54) is 24.1 Å². The van der Waals surface area contributed by atoms with Crippen LogP contribution in [-0.4, -0.2) is 18.6 Å². The van der Waals surface area contributed by atoms with Gasteiger partial charge in [0, 0.05) is 35.9 Å². The Hall–Kier alpha value is -0.730. The predicted octanol–water partition coefficient (Wildman–Crippen LogP) is 4.22. The second kappa shape index (κ2) is 5.72.